The number of carbonyl (C=O) groups excluding carboxylic acids is 1. The van der Waals surface area contributed by atoms with Crippen molar-refractivity contribution in [3.63, 3.8) is 0 Å². The number of phenolic OH excluding ortho intramolecular Hbond substituents is 1. The molecule has 0 atom stereocenters. The summed E-state index contributed by atoms with van der Waals surface area (Å²) in [5.41, 5.74) is 2.21. The van der Waals surface area contributed by atoms with Crippen LogP contribution in [0.1, 0.15) is 34.1 Å². The zero-order chi connectivity index (χ0) is 19.8. The normalized spacial score (nSPS) is 11.7. The maximum absolute atomic E-state index is 12.6. The van der Waals surface area contributed by atoms with Gasteiger partial charge in [0.1, 0.15) is 11.4 Å². The molecule has 0 bridgehead atoms. The van der Waals surface area contributed by atoms with E-state index in [1.54, 1.807) is 19.1 Å². The summed E-state index contributed by atoms with van der Waals surface area (Å²) < 4.78 is 29.5. The number of aromatic nitrogens is 3. The number of phenols is 1. The molecule has 2 heterocycles. The standard InChI is InChI=1S/C18H19N3O5S/c1-4-12-8-14(17-11(2)15(20-26-17)10-27(3,24)25)16(22)9-13(12)18(23)21-7-5-6-19-21/h5-9,22H,4,10H2,1-3H3. The molecule has 0 spiro atoms. The van der Waals surface area contributed by atoms with Gasteiger partial charge in [-0.3, -0.25) is 4.79 Å². The van der Waals surface area contributed by atoms with Crippen molar-refractivity contribution in [1.82, 2.24) is 14.9 Å². The van der Waals surface area contributed by atoms with Crippen LogP contribution in [0.5, 0.6) is 5.75 Å². The molecule has 0 aliphatic carbocycles. The van der Waals surface area contributed by atoms with E-state index < -0.39 is 9.84 Å². The maximum atomic E-state index is 12.6. The van der Waals surface area contributed by atoms with Gasteiger partial charge in [0.05, 0.1) is 11.3 Å². The molecule has 0 aliphatic rings. The van der Waals surface area contributed by atoms with Crippen molar-refractivity contribution in [1.29, 1.82) is 0 Å². The molecule has 9 heteroatoms. The summed E-state index contributed by atoms with van der Waals surface area (Å²) >= 11 is 0. The Balaban J connectivity index is 2.07. The number of hydrogen-bond donors (Lipinski definition) is 1. The van der Waals surface area contributed by atoms with E-state index in [1.807, 2.05) is 6.92 Å². The zero-order valence-corrected chi connectivity index (χ0v) is 15.9. The molecule has 0 radical (unpaired) electrons. The Bertz CT molecular complexity index is 1100. The van der Waals surface area contributed by atoms with Crippen LogP contribution in [-0.4, -0.2) is 40.6 Å². The molecular formula is C18H19N3O5S. The topological polar surface area (TPSA) is 115 Å². The average molecular weight is 389 g/mol. The van der Waals surface area contributed by atoms with Crippen molar-refractivity contribution >= 4 is 15.7 Å². The lowest BCUT2D eigenvalue weighted by Crippen LogP contribution is -2.14. The third kappa shape index (κ3) is 3.77. The average Bonchev–Trinajstić information content (AvgIpc) is 3.24. The van der Waals surface area contributed by atoms with Crippen LogP contribution >= 0.6 is 0 Å². The minimum Gasteiger partial charge on any atom is -0.507 e. The van der Waals surface area contributed by atoms with Crippen LogP contribution in [-0.2, 0) is 22.0 Å². The quantitative estimate of drug-likeness (QED) is 0.712. The molecule has 0 aliphatic heterocycles. The van der Waals surface area contributed by atoms with E-state index in [0.717, 1.165) is 6.26 Å². The second-order valence-electron chi connectivity index (χ2n) is 6.29. The fourth-order valence-electron chi connectivity index (χ4n) is 2.82. The Morgan fingerprint density at radius 2 is 2.07 bits per heavy atom. The second-order valence-corrected chi connectivity index (χ2v) is 8.43. The highest BCUT2D eigenvalue weighted by molar-refractivity contribution is 7.89. The summed E-state index contributed by atoms with van der Waals surface area (Å²) in [4.78, 5) is 12.6. The first-order valence-electron chi connectivity index (χ1n) is 8.24. The van der Waals surface area contributed by atoms with Crippen LogP contribution < -0.4 is 0 Å². The van der Waals surface area contributed by atoms with Gasteiger partial charge in [0.15, 0.2) is 15.6 Å². The Morgan fingerprint density at radius 3 is 2.67 bits per heavy atom. The van der Waals surface area contributed by atoms with Crippen molar-refractivity contribution in [2.45, 2.75) is 26.0 Å². The molecule has 142 valence electrons. The first-order chi connectivity index (χ1) is 12.7. The summed E-state index contributed by atoms with van der Waals surface area (Å²) in [6.07, 6.45) is 4.69. The molecule has 3 rings (SSSR count). The summed E-state index contributed by atoms with van der Waals surface area (Å²) in [6.45, 7) is 3.57. The fraction of sp³-hybridized carbons (Fsp3) is 0.278. The van der Waals surface area contributed by atoms with Crippen molar-refractivity contribution in [2.24, 2.45) is 0 Å². The second kappa shape index (κ2) is 6.99. The molecule has 0 amide bonds. The molecule has 0 fully saturated rings. The molecule has 27 heavy (non-hydrogen) atoms. The number of hydrogen-bond acceptors (Lipinski definition) is 7. The Labute approximate surface area is 156 Å². The molecule has 0 saturated carbocycles. The number of aromatic hydroxyl groups is 1. The van der Waals surface area contributed by atoms with E-state index >= 15 is 0 Å². The Kier molecular flexibility index (Phi) is 4.88. The lowest BCUT2D eigenvalue weighted by molar-refractivity contribution is 0.0944. The van der Waals surface area contributed by atoms with E-state index in [4.69, 9.17) is 4.52 Å². The summed E-state index contributed by atoms with van der Waals surface area (Å²) in [7, 11) is -3.27. The summed E-state index contributed by atoms with van der Waals surface area (Å²) in [6, 6.07) is 4.67. The zero-order valence-electron chi connectivity index (χ0n) is 15.1. The minimum atomic E-state index is -3.27. The molecule has 1 N–H and O–H groups in total. The van der Waals surface area contributed by atoms with Gasteiger partial charge in [0.2, 0.25) is 0 Å². The van der Waals surface area contributed by atoms with Gasteiger partial charge in [-0.2, -0.15) is 5.10 Å². The summed E-state index contributed by atoms with van der Waals surface area (Å²) in [5.74, 6) is -0.489. The van der Waals surface area contributed by atoms with Gasteiger partial charge < -0.3 is 9.63 Å². The van der Waals surface area contributed by atoms with Crippen LogP contribution in [0.15, 0.2) is 35.1 Å². The van der Waals surface area contributed by atoms with E-state index in [9.17, 15) is 18.3 Å². The van der Waals surface area contributed by atoms with Crippen LogP contribution in [0.4, 0.5) is 0 Å². The van der Waals surface area contributed by atoms with Crippen LogP contribution in [0.25, 0.3) is 11.3 Å². The highest BCUT2D eigenvalue weighted by atomic mass is 32.2. The van der Waals surface area contributed by atoms with Crippen molar-refractivity contribution < 1.29 is 22.8 Å². The van der Waals surface area contributed by atoms with Gasteiger partial charge in [-0.25, -0.2) is 13.1 Å². The molecule has 1 aromatic carbocycles. The Hall–Kier alpha value is -2.94. The van der Waals surface area contributed by atoms with E-state index in [-0.39, 0.29) is 23.2 Å². The number of carbonyl (C=O) groups is 1. The van der Waals surface area contributed by atoms with E-state index in [2.05, 4.69) is 10.3 Å². The van der Waals surface area contributed by atoms with Gasteiger partial charge in [-0.15, -0.1) is 0 Å². The number of sulfone groups is 1. The predicted octanol–water partition coefficient (Wildman–Crippen LogP) is 2.35. The monoisotopic (exact) mass is 389 g/mol. The highest BCUT2D eigenvalue weighted by Crippen LogP contribution is 2.36. The number of nitrogens with zero attached hydrogens (tertiary/aromatic N) is 3. The third-order valence-electron chi connectivity index (χ3n) is 4.21. The van der Waals surface area contributed by atoms with Gasteiger partial charge in [-0.1, -0.05) is 12.1 Å². The summed E-state index contributed by atoms with van der Waals surface area (Å²) in [5, 5.41) is 18.2. The number of benzene rings is 1. The molecule has 0 saturated heterocycles. The largest absolute Gasteiger partial charge is 0.507 e. The highest BCUT2D eigenvalue weighted by Gasteiger charge is 2.23. The maximum Gasteiger partial charge on any atom is 0.278 e. The molecular weight excluding hydrogens is 370 g/mol. The smallest absolute Gasteiger partial charge is 0.278 e. The Morgan fingerprint density at radius 1 is 1.33 bits per heavy atom. The predicted molar refractivity (Wildman–Crippen MR) is 98.2 cm³/mol. The van der Waals surface area contributed by atoms with Gasteiger partial charge in [0.25, 0.3) is 5.91 Å². The van der Waals surface area contributed by atoms with Crippen molar-refractivity contribution in [3.8, 4) is 17.1 Å². The lowest BCUT2D eigenvalue weighted by atomic mass is 9.97. The number of aryl methyl sites for hydroxylation is 1. The third-order valence-corrected chi connectivity index (χ3v) is 5.01. The first kappa shape index (κ1) is 18.8. The molecule has 3 aromatic rings. The van der Waals surface area contributed by atoms with Gasteiger partial charge in [-0.05, 0) is 37.1 Å². The van der Waals surface area contributed by atoms with Gasteiger partial charge in [0, 0.05) is 29.8 Å². The van der Waals surface area contributed by atoms with Crippen LogP contribution in [0.3, 0.4) is 0 Å². The van der Waals surface area contributed by atoms with Crippen LogP contribution in [0, 0.1) is 6.92 Å². The van der Waals surface area contributed by atoms with Crippen molar-refractivity contribution in [3.05, 3.63) is 53.0 Å². The first-order valence-corrected chi connectivity index (χ1v) is 10.3. The van der Waals surface area contributed by atoms with E-state index in [1.165, 1.54) is 23.1 Å². The minimum absolute atomic E-state index is 0.159. The number of rotatable bonds is 5. The van der Waals surface area contributed by atoms with Crippen molar-refractivity contribution in [2.75, 3.05) is 6.26 Å². The molecule has 2 aromatic heterocycles. The fourth-order valence-corrected chi connectivity index (χ4v) is 3.59. The SMILES string of the molecule is CCc1cc(-c2onc(CS(C)(=O)=O)c2C)c(O)cc1C(=O)n1cccn1. The van der Waals surface area contributed by atoms with Crippen LogP contribution in [0.2, 0.25) is 0 Å². The molecule has 8 nitrogen and oxygen atoms in total. The van der Waals surface area contributed by atoms with E-state index in [0.29, 0.717) is 34.4 Å². The molecule has 0 unspecified atom stereocenters. The van der Waals surface area contributed by atoms with Gasteiger partial charge >= 0.3 is 0 Å². The lowest BCUT2D eigenvalue weighted by Gasteiger charge is -2.11.